The van der Waals surface area contributed by atoms with Crippen LogP contribution in [0.1, 0.15) is 35.5 Å². The smallest absolute Gasteiger partial charge is 0.250 e. The monoisotopic (exact) mass is 349 g/mol. The van der Waals surface area contributed by atoms with Crippen LogP contribution in [0.25, 0.3) is 22.0 Å². The maximum Gasteiger partial charge on any atom is 0.250 e. The summed E-state index contributed by atoms with van der Waals surface area (Å²) in [5.41, 5.74) is 11.5. The van der Waals surface area contributed by atoms with Crippen LogP contribution in [-0.4, -0.2) is 16.8 Å². The van der Waals surface area contributed by atoms with E-state index in [1.165, 1.54) is 0 Å². The summed E-state index contributed by atoms with van der Waals surface area (Å²) in [5, 5.41) is 3.91. The molecule has 0 saturated carbocycles. The van der Waals surface area contributed by atoms with Gasteiger partial charge in [-0.15, -0.1) is 0 Å². The number of carbonyl (C=O) groups excluding carboxylic acids is 2. The molecule has 1 aromatic heterocycles. The third kappa shape index (κ3) is 3.08. The Hall–Kier alpha value is -3.08. The van der Waals surface area contributed by atoms with E-state index in [4.69, 9.17) is 5.73 Å². The highest BCUT2D eigenvalue weighted by molar-refractivity contribution is 6.10. The quantitative estimate of drug-likeness (QED) is 0.661. The maximum absolute atomic E-state index is 12.0. The number of aryl methyl sites for hydroxylation is 2. The maximum atomic E-state index is 12.0. The number of amides is 2. The molecular weight excluding hydrogens is 326 g/mol. The average molecular weight is 349 g/mol. The summed E-state index contributed by atoms with van der Waals surface area (Å²) in [7, 11) is 0. The highest BCUT2D eigenvalue weighted by Gasteiger charge is 2.17. The molecule has 5 nitrogen and oxygen atoms in total. The molecular formula is C21H23N3O2. The molecule has 0 radical (unpaired) electrons. The molecule has 0 spiro atoms. The Kier molecular flexibility index (Phi) is 4.55. The number of primary amides is 1. The summed E-state index contributed by atoms with van der Waals surface area (Å²) < 4.78 is 0. The van der Waals surface area contributed by atoms with Crippen LogP contribution < -0.4 is 11.1 Å². The SMILES string of the molecule is Cc1[nH]c2c(C(N)=O)ccc(-c3cccc(NC(=O)C(C)C)c3)c2c1C. The van der Waals surface area contributed by atoms with Crippen molar-refractivity contribution in [3.05, 3.63) is 53.2 Å². The van der Waals surface area contributed by atoms with E-state index in [0.29, 0.717) is 5.56 Å². The van der Waals surface area contributed by atoms with E-state index in [9.17, 15) is 9.59 Å². The van der Waals surface area contributed by atoms with Gasteiger partial charge < -0.3 is 16.0 Å². The van der Waals surface area contributed by atoms with Gasteiger partial charge in [-0.3, -0.25) is 9.59 Å². The Balaban J connectivity index is 2.16. The standard InChI is InChI=1S/C21H23N3O2/c1-11(2)21(26)24-15-7-5-6-14(10-15)16-8-9-17(20(22)25)19-18(16)12(3)13(4)23-19/h5-11,23H,1-4H3,(H2,22,25)(H,24,26). The number of nitrogens with two attached hydrogens (primary N) is 1. The fraction of sp³-hybridized carbons (Fsp3) is 0.238. The number of H-pyrrole nitrogens is 1. The van der Waals surface area contributed by atoms with Crippen molar-refractivity contribution in [3.63, 3.8) is 0 Å². The highest BCUT2D eigenvalue weighted by atomic mass is 16.2. The van der Waals surface area contributed by atoms with Crippen LogP contribution in [0.4, 0.5) is 5.69 Å². The van der Waals surface area contributed by atoms with Gasteiger partial charge in [0.2, 0.25) is 5.91 Å². The Morgan fingerprint density at radius 1 is 1.12 bits per heavy atom. The fourth-order valence-electron chi connectivity index (χ4n) is 3.09. The van der Waals surface area contributed by atoms with Crippen LogP contribution in [0.2, 0.25) is 0 Å². The minimum atomic E-state index is -0.458. The van der Waals surface area contributed by atoms with Crippen LogP contribution in [0, 0.1) is 19.8 Å². The molecule has 4 N–H and O–H groups in total. The molecule has 2 amide bonds. The normalized spacial score (nSPS) is 11.1. The van der Waals surface area contributed by atoms with E-state index < -0.39 is 5.91 Å². The zero-order valence-electron chi connectivity index (χ0n) is 15.4. The summed E-state index contributed by atoms with van der Waals surface area (Å²) >= 11 is 0. The van der Waals surface area contributed by atoms with Crippen LogP contribution in [-0.2, 0) is 4.79 Å². The van der Waals surface area contributed by atoms with Crippen LogP contribution in [0.5, 0.6) is 0 Å². The Morgan fingerprint density at radius 2 is 1.85 bits per heavy atom. The first-order chi connectivity index (χ1) is 12.3. The fourth-order valence-corrected chi connectivity index (χ4v) is 3.09. The van der Waals surface area contributed by atoms with Gasteiger partial charge in [0, 0.05) is 22.7 Å². The number of benzene rings is 2. The summed E-state index contributed by atoms with van der Waals surface area (Å²) in [6.07, 6.45) is 0. The molecule has 3 aromatic rings. The molecule has 2 aromatic carbocycles. The molecule has 0 aliphatic rings. The second-order valence-electron chi connectivity index (χ2n) is 6.87. The van der Waals surface area contributed by atoms with E-state index >= 15 is 0 Å². The first kappa shape index (κ1) is 17.7. The number of aromatic nitrogens is 1. The van der Waals surface area contributed by atoms with Gasteiger partial charge in [0.25, 0.3) is 5.91 Å². The van der Waals surface area contributed by atoms with E-state index in [1.54, 1.807) is 6.07 Å². The summed E-state index contributed by atoms with van der Waals surface area (Å²) in [6.45, 7) is 7.71. The second-order valence-corrected chi connectivity index (χ2v) is 6.87. The van der Waals surface area contributed by atoms with E-state index in [0.717, 1.165) is 39.0 Å². The average Bonchev–Trinajstić information content (AvgIpc) is 2.89. The Bertz CT molecular complexity index is 1020. The van der Waals surface area contributed by atoms with Gasteiger partial charge in [-0.1, -0.05) is 32.0 Å². The van der Waals surface area contributed by atoms with Gasteiger partial charge in [0.15, 0.2) is 0 Å². The second kappa shape index (κ2) is 6.67. The largest absolute Gasteiger partial charge is 0.366 e. The molecule has 134 valence electrons. The lowest BCUT2D eigenvalue weighted by atomic mass is 9.96. The lowest BCUT2D eigenvalue weighted by Crippen LogP contribution is -2.17. The van der Waals surface area contributed by atoms with Gasteiger partial charge >= 0.3 is 0 Å². The van der Waals surface area contributed by atoms with Crippen LogP contribution in [0.15, 0.2) is 36.4 Å². The van der Waals surface area contributed by atoms with Crippen LogP contribution >= 0.6 is 0 Å². The Morgan fingerprint density at radius 3 is 2.50 bits per heavy atom. The number of rotatable bonds is 4. The molecule has 0 aliphatic heterocycles. The highest BCUT2D eigenvalue weighted by Crippen LogP contribution is 2.35. The lowest BCUT2D eigenvalue weighted by molar-refractivity contribution is -0.118. The summed E-state index contributed by atoms with van der Waals surface area (Å²) in [4.78, 5) is 27.0. The first-order valence-electron chi connectivity index (χ1n) is 8.62. The number of anilines is 1. The van der Waals surface area contributed by atoms with Crippen molar-refractivity contribution in [3.8, 4) is 11.1 Å². The third-order valence-electron chi connectivity index (χ3n) is 4.69. The van der Waals surface area contributed by atoms with E-state index in [2.05, 4.69) is 10.3 Å². The van der Waals surface area contributed by atoms with Gasteiger partial charge in [-0.25, -0.2) is 0 Å². The molecule has 5 heteroatoms. The topological polar surface area (TPSA) is 88.0 Å². The van der Waals surface area contributed by atoms with E-state index in [-0.39, 0.29) is 11.8 Å². The van der Waals surface area contributed by atoms with Gasteiger partial charge in [0.1, 0.15) is 0 Å². The van der Waals surface area contributed by atoms with Gasteiger partial charge in [-0.2, -0.15) is 0 Å². The lowest BCUT2D eigenvalue weighted by Gasteiger charge is -2.11. The number of hydrogen-bond donors (Lipinski definition) is 3. The van der Waals surface area contributed by atoms with Crippen molar-refractivity contribution in [2.45, 2.75) is 27.7 Å². The molecule has 0 fully saturated rings. The number of aromatic amines is 1. The summed E-state index contributed by atoms with van der Waals surface area (Å²) in [6, 6.07) is 11.4. The Labute approximate surface area is 152 Å². The third-order valence-corrected chi connectivity index (χ3v) is 4.69. The molecule has 0 aliphatic carbocycles. The molecule has 0 atom stereocenters. The zero-order chi connectivity index (χ0) is 19.0. The summed E-state index contributed by atoms with van der Waals surface area (Å²) in [5.74, 6) is -0.569. The van der Waals surface area contributed by atoms with Crippen LogP contribution in [0.3, 0.4) is 0 Å². The minimum absolute atomic E-state index is 0.0231. The van der Waals surface area contributed by atoms with Crippen molar-refractivity contribution in [2.75, 3.05) is 5.32 Å². The van der Waals surface area contributed by atoms with Gasteiger partial charge in [-0.05, 0) is 48.7 Å². The zero-order valence-corrected chi connectivity index (χ0v) is 15.4. The molecule has 0 saturated heterocycles. The number of fused-ring (bicyclic) bond motifs is 1. The molecule has 1 heterocycles. The van der Waals surface area contributed by atoms with Crippen molar-refractivity contribution in [2.24, 2.45) is 11.7 Å². The number of hydrogen-bond acceptors (Lipinski definition) is 2. The predicted octanol–water partition coefficient (Wildman–Crippen LogP) is 4.15. The van der Waals surface area contributed by atoms with E-state index in [1.807, 2.05) is 58.0 Å². The number of nitrogens with one attached hydrogen (secondary N) is 2. The number of carbonyl (C=O) groups is 2. The van der Waals surface area contributed by atoms with Crippen molar-refractivity contribution >= 4 is 28.4 Å². The van der Waals surface area contributed by atoms with Gasteiger partial charge in [0.05, 0.1) is 11.1 Å². The predicted molar refractivity (Wildman–Crippen MR) is 105 cm³/mol. The minimum Gasteiger partial charge on any atom is -0.366 e. The van der Waals surface area contributed by atoms with Crippen molar-refractivity contribution in [1.29, 1.82) is 0 Å². The first-order valence-corrected chi connectivity index (χ1v) is 8.62. The van der Waals surface area contributed by atoms with Crippen molar-refractivity contribution < 1.29 is 9.59 Å². The molecule has 26 heavy (non-hydrogen) atoms. The molecule has 0 unspecified atom stereocenters. The molecule has 3 rings (SSSR count). The van der Waals surface area contributed by atoms with Crippen molar-refractivity contribution in [1.82, 2.24) is 4.98 Å². The molecule has 0 bridgehead atoms.